The SMILES string of the molecule is COc1ccc(OCc2c(C(=O)Nc3cc(F)ccc3F)noc2C)cc1. The summed E-state index contributed by atoms with van der Waals surface area (Å²) in [6.45, 7) is 1.63. The summed E-state index contributed by atoms with van der Waals surface area (Å²) in [7, 11) is 1.56. The number of carbonyl (C=O) groups excluding carboxylic acids is 1. The number of halogens is 2. The van der Waals surface area contributed by atoms with E-state index in [1.165, 1.54) is 0 Å². The summed E-state index contributed by atoms with van der Waals surface area (Å²) in [4.78, 5) is 12.4. The van der Waals surface area contributed by atoms with Gasteiger partial charge in [-0.25, -0.2) is 8.78 Å². The number of nitrogens with zero attached hydrogens (tertiary/aromatic N) is 1. The van der Waals surface area contributed by atoms with Gasteiger partial charge in [0, 0.05) is 6.07 Å². The standard InChI is InChI=1S/C19H16F2N2O4/c1-11-15(10-26-14-6-4-13(25-2)5-7-14)18(23-27-11)19(24)22-17-9-12(20)3-8-16(17)21/h3-9H,10H2,1-2H3,(H,22,24). The van der Waals surface area contributed by atoms with Crippen LogP contribution in [0.2, 0.25) is 0 Å². The minimum absolute atomic E-state index is 0.00997. The van der Waals surface area contributed by atoms with Crippen LogP contribution in [-0.2, 0) is 6.61 Å². The van der Waals surface area contributed by atoms with Crippen LogP contribution in [0.4, 0.5) is 14.5 Å². The lowest BCUT2D eigenvalue weighted by Gasteiger charge is -2.08. The van der Waals surface area contributed by atoms with Crippen molar-refractivity contribution >= 4 is 11.6 Å². The van der Waals surface area contributed by atoms with Gasteiger partial charge in [-0.2, -0.15) is 0 Å². The monoisotopic (exact) mass is 374 g/mol. The van der Waals surface area contributed by atoms with Gasteiger partial charge in [-0.3, -0.25) is 4.79 Å². The molecule has 1 aromatic heterocycles. The van der Waals surface area contributed by atoms with Crippen LogP contribution in [0.25, 0.3) is 0 Å². The molecule has 0 aliphatic heterocycles. The first-order valence-electron chi connectivity index (χ1n) is 7.96. The molecule has 0 atom stereocenters. The Balaban J connectivity index is 1.75. The molecule has 2 aromatic carbocycles. The molecular formula is C19H16F2N2O4. The zero-order chi connectivity index (χ0) is 19.4. The van der Waals surface area contributed by atoms with E-state index < -0.39 is 17.5 Å². The molecular weight excluding hydrogens is 358 g/mol. The van der Waals surface area contributed by atoms with Gasteiger partial charge in [-0.1, -0.05) is 5.16 Å². The summed E-state index contributed by atoms with van der Waals surface area (Å²) in [5.74, 6) is -0.551. The zero-order valence-corrected chi connectivity index (χ0v) is 14.6. The molecule has 0 fully saturated rings. The van der Waals surface area contributed by atoms with Crippen LogP contribution in [0.15, 0.2) is 47.0 Å². The third-order valence-electron chi connectivity index (χ3n) is 3.82. The highest BCUT2D eigenvalue weighted by Crippen LogP contribution is 2.22. The molecule has 0 aliphatic rings. The molecule has 1 amide bonds. The van der Waals surface area contributed by atoms with Crippen molar-refractivity contribution < 1.29 is 27.6 Å². The Morgan fingerprint density at radius 3 is 2.56 bits per heavy atom. The normalized spacial score (nSPS) is 10.5. The fourth-order valence-corrected chi connectivity index (χ4v) is 2.34. The lowest BCUT2D eigenvalue weighted by molar-refractivity contribution is 0.101. The Morgan fingerprint density at radius 1 is 1.15 bits per heavy atom. The first-order valence-corrected chi connectivity index (χ1v) is 7.96. The Bertz CT molecular complexity index is 955. The Hall–Kier alpha value is -3.42. The van der Waals surface area contributed by atoms with Crippen molar-refractivity contribution in [1.82, 2.24) is 5.16 Å². The van der Waals surface area contributed by atoms with Crippen LogP contribution < -0.4 is 14.8 Å². The van der Waals surface area contributed by atoms with Crippen molar-refractivity contribution in [3.05, 3.63) is 71.1 Å². The minimum atomic E-state index is -0.763. The number of anilines is 1. The van der Waals surface area contributed by atoms with Gasteiger partial charge in [-0.15, -0.1) is 0 Å². The second-order valence-electron chi connectivity index (χ2n) is 5.61. The largest absolute Gasteiger partial charge is 0.497 e. The third kappa shape index (κ3) is 4.22. The number of hydrogen-bond donors (Lipinski definition) is 1. The summed E-state index contributed by atoms with van der Waals surface area (Å²) in [6, 6.07) is 9.65. The molecule has 0 saturated heterocycles. The molecule has 1 N–H and O–H groups in total. The summed E-state index contributed by atoms with van der Waals surface area (Å²) < 4.78 is 42.8. The third-order valence-corrected chi connectivity index (χ3v) is 3.82. The van der Waals surface area contributed by atoms with E-state index in [1.54, 1.807) is 38.3 Å². The van der Waals surface area contributed by atoms with E-state index in [1.807, 2.05) is 0 Å². The molecule has 8 heteroatoms. The number of benzene rings is 2. The molecule has 0 bridgehead atoms. The quantitative estimate of drug-likeness (QED) is 0.703. The van der Waals surface area contributed by atoms with Crippen LogP contribution in [-0.4, -0.2) is 18.2 Å². The maximum absolute atomic E-state index is 13.7. The van der Waals surface area contributed by atoms with Crippen LogP contribution in [0.3, 0.4) is 0 Å². The highest BCUT2D eigenvalue weighted by Gasteiger charge is 2.21. The van der Waals surface area contributed by atoms with Crippen molar-refractivity contribution in [2.45, 2.75) is 13.5 Å². The topological polar surface area (TPSA) is 73.6 Å². The molecule has 0 unspecified atom stereocenters. The van der Waals surface area contributed by atoms with Gasteiger partial charge in [0.1, 0.15) is 35.5 Å². The Labute approximate surface area is 153 Å². The van der Waals surface area contributed by atoms with Crippen molar-refractivity contribution in [3.63, 3.8) is 0 Å². The minimum Gasteiger partial charge on any atom is -0.497 e. The highest BCUT2D eigenvalue weighted by atomic mass is 19.1. The zero-order valence-electron chi connectivity index (χ0n) is 14.6. The summed E-state index contributed by atoms with van der Waals surface area (Å²) in [5, 5.41) is 5.99. The number of nitrogens with one attached hydrogen (secondary N) is 1. The number of methoxy groups -OCH3 is 1. The Morgan fingerprint density at radius 2 is 1.85 bits per heavy atom. The van der Waals surface area contributed by atoms with E-state index in [-0.39, 0.29) is 18.0 Å². The van der Waals surface area contributed by atoms with E-state index in [4.69, 9.17) is 14.0 Å². The first kappa shape index (κ1) is 18.4. The molecule has 140 valence electrons. The second kappa shape index (κ2) is 7.86. The summed E-state index contributed by atoms with van der Waals surface area (Å²) in [5.41, 5.74) is 0.0486. The van der Waals surface area contributed by atoms with Gasteiger partial charge < -0.3 is 19.3 Å². The van der Waals surface area contributed by atoms with E-state index in [0.717, 1.165) is 18.2 Å². The van der Waals surface area contributed by atoms with Crippen LogP contribution in [0, 0.1) is 18.6 Å². The van der Waals surface area contributed by atoms with Crippen molar-refractivity contribution in [2.24, 2.45) is 0 Å². The highest BCUT2D eigenvalue weighted by molar-refractivity contribution is 6.03. The predicted octanol–water partition coefficient (Wildman–Crippen LogP) is 4.10. The van der Waals surface area contributed by atoms with Gasteiger partial charge in [-0.05, 0) is 43.3 Å². The van der Waals surface area contributed by atoms with E-state index in [2.05, 4.69) is 10.5 Å². The molecule has 3 rings (SSSR count). The molecule has 3 aromatic rings. The first-order chi connectivity index (χ1) is 13.0. The number of carbonyl (C=O) groups is 1. The van der Waals surface area contributed by atoms with Crippen molar-refractivity contribution in [2.75, 3.05) is 12.4 Å². The fraction of sp³-hybridized carbons (Fsp3) is 0.158. The van der Waals surface area contributed by atoms with Gasteiger partial charge in [0.2, 0.25) is 0 Å². The lowest BCUT2D eigenvalue weighted by Crippen LogP contribution is -2.16. The van der Waals surface area contributed by atoms with E-state index >= 15 is 0 Å². The molecule has 0 aliphatic carbocycles. The lowest BCUT2D eigenvalue weighted by atomic mass is 10.2. The van der Waals surface area contributed by atoms with Crippen molar-refractivity contribution in [1.29, 1.82) is 0 Å². The maximum atomic E-state index is 13.7. The van der Waals surface area contributed by atoms with E-state index in [0.29, 0.717) is 22.8 Å². The smallest absolute Gasteiger partial charge is 0.278 e. The average molecular weight is 374 g/mol. The number of hydrogen-bond acceptors (Lipinski definition) is 5. The van der Waals surface area contributed by atoms with Gasteiger partial charge in [0.05, 0.1) is 18.4 Å². The molecule has 0 spiro atoms. The van der Waals surface area contributed by atoms with Gasteiger partial charge in [0.15, 0.2) is 5.69 Å². The fourth-order valence-electron chi connectivity index (χ4n) is 2.34. The maximum Gasteiger partial charge on any atom is 0.278 e. The number of ether oxygens (including phenoxy) is 2. The summed E-state index contributed by atoms with van der Waals surface area (Å²) >= 11 is 0. The van der Waals surface area contributed by atoms with Crippen LogP contribution in [0.1, 0.15) is 21.8 Å². The molecule has 6 nitrogen and oxygen atoms in total. The van der Waals surface area contributed by atoms with Gasteiger partial charge >= 0.3 is 0 Å². The van der Waals surface area contributed by atoms with Crippen molar-refractivity contribution in [3.8, 4) is 11.5 Å². The number of aryl methyl sites for hydroxylation is 1. The van der Waals surface area contributed by atoms with Crippen LogP contribution in [0.5, 0.6) is 11.5 Å². The van der Waals surface area contributed by atoms with Gasteiger partial charge in [0.25, 0.3) is 5.91 Å². The molecule has 1 heterocycles. The summed E-state index contributed by atoms with van der Waals surface area (Å²) in [6.07, 6.45) is 0. The number of aromatic nitrogens is 1. The second-order valence-corrected chi connectivity index (χ2v) is 5.61. The molecule has 0 saturated carbocycles. The number of amides is 1. The Kier molecular flexibility index (Phi) is 5.35. The number of rotatable bonds is 6. The van der Waals surface area contributed by atoms with E-state index in [9.17, 15) is 13.6 Å². The van der Waals surface area contributed by atoms with Crippen LogP contribution >= 0.6 is 0 Å². The predicted molar refractivity (Wildman–Crippen MR) is 92.9 cm³/mol. The molecule has 27 heavy (non-hydrogen) atoms. The molecule has 0 radical (unpaired) electrons. The average Bonchev–Trinajstić information content (AvgIpc) is 3.04.